The number of carbonyl (C=O) groups excluding carboxylic acids is 1. The number of halogens is 8. The van der Waals surface area contributed by atoms with Crippen LogP contribution in [0.3, 0.4) is 0 Å². The van der Waals surface area contributed by atoms with Crippen LogP contribution in [0.15, 0.2) is 0 Å². The summed E-state index contributed by atoms with van der Waals surface area (Å²) in [6.45, 7) is -1.17. The van der Waals surface area contributed by atoms with E-state index in [9.17, 15) is 48.3 Å². The molecule has 1 aliphatic rings. The van der Waals surface area contributed by atoms with E-state index in [1.165, 1.54) is 0 Å². The number of sulfone groups is 1. The number of fused-ring (bicyclic) bond motifs is 1. The average Bonchev–Trinajstić information content (AvgIpc) is 2.79. The zero-order valence-electron chi connectivity index (χ0n) is 11.9. The Balaban J connectivity index is 2.48. The molecule has 25 heavy (non-hydrogen) atoms. The first kappa shape index (κ1) is 19.6. The molecule has 142 valence electrons. The molecule has 0 aliphatic heterocycles. The third-order valence-electron chi connectivity index (χ3n) is 3.49. The maximum Gasteiger partial charge on any atom is 0.497 e. The van der Waals surface area contributed by atoms with Gasteiger partial charge in [0.15, 0.2) is 5.69 Å². The molecule has 0 saturated carbocycles. The molecule has 0 atom stereocenters. The van der Waals surface area contributed by atoms with Crippen molar-refractivity contribution >= 4 is 15.6 Å². The third kappa shape index (κ3) is 3.48. The van der Waals surface area contributed by atoms with Crippen LogP contribution in [0.2, 0.25) is 0 Å². The monoisotopic (exact) mass is 400 g/mol. The molecule has 0 unspecified atom stereocenters. The Morgan fingerprint density at radius 1 is 1.12 bits per heavy atom. The Morgan fingerprint density at radius 3 is 2.16 bits per heavy atom. The molecule has 1 aliphatic carbocycles. The van der Waals surface area contributed by atoms with Crippen molar-refractivity contribution < 1.29 is 48.3 Å². The lowest BCUT2D eigenvalue weighted by molar-refractivity contribution is -0.142. The molecule has 5 nitrogen and oxygen atoms in total. The maximum atomic E-state index is 13.4. The predicted molar refractivity (Wildman–Crippen MR) is 64.7 cm³/mol. The zero-order valence-corrected chi connectivity index (χ0v) is 12.7. The Hall–Kier alpha value is -1.73. The van der Waals surface area contributed by atoms with Gasteiger partial charge in [0, 0.05) is 6.42 Å². The number of rotatable bonds is 3. The smallest absolute Gasteiger partial charge is 0.287 e. The third-order valence-corrected chi connectivity index (χ3v) is 4.91. The lowest BCUT2D eigenvalue weighted by atomic mass is 9.91. The molecule has 0 spiro atoms. The van der Waals surface area contributed by atoms with Gasteiger partial charge >= 0.3 is 17.6 Å². The number of aromatic nitrogens is 2. The number of nitrogens with zero attached hydrogens (tertiary/aromatic N) is 2. The Labute approximate surface area is 134 Å². The minimum Gasteiger partial charge on any atom is -0.287 e. The highest BCUT2D eigenvalue weighted by atomic mass is 32.2. The quantitative estimate of drug-likeness (QED) is 0.732. The van der Waals surface area contributed by atoms with Crippen LogP contribution in [0, 0.1) is 0 Å². The predicted octanol–water partition coefficient (Wildman–Crippen LogP) is 2.60. The lowest BCUT2D eigenvalue weighted by Gasteiger charge is -2.21. The van der Waals surface area contributed by atoms with Gasteiger partial charge in [-0.05, 0) is 6.42 Å². The van der Waals surface area contributed by atoms with Gasteiger partial charge in [-0.2, -0.15) is 40.2 Å². The minimum atomic E-state index is -5.66. The number of aryl methyl sites for hydroxylation is 1. The van der Waals surface area contributed by atoms with Gasteiger partial charge in [0.25, 0.3) is 0 Å². The Bertz CT molecular complexity index is 807. The molecule has 1 aromatic heterocycles. The fraction of sp³-hybridized carbons (Fsp3) is 0.636. The minimum absolute atomic E-state index is 0.217. The molecule has 0 saturated heterocycles. The molecule has 0 fully saturated rings. The van der Waals surface area contributed by atoms with Crippen molar-refractivity contribution in [1.29, 1.82) is 0 Å². The summed E-state index contributed by atoms with van der Waals surface area (Å²) in [5.41, 5.74) is -9.71. The molecular weight excluding hydrogens is 392 g/mol. The van der Waals surface area contributed by atoms with E-state index in [2.05, 4.69) is 5.10 Å². The van der Waals surface area contributed by atoms with Gasteiger partial charge in [0.2, 0.25) is 15.6 Å². The summed E-state index contributed by atoms with van der Waals surface area (Å²) in [6.07, 6.45) is -7.25. The molecule has 0 N–H and O–H groups in total. The highest BCUT2D eigenvalue weighted by molar-refractivity contribution is 7.92. The van der Waals surface area contributed by atoms with Crippen LogP contribution < -0.4 is 0 Å². The molecule has 14 heteroatoms. The summed E-state index contributed by atoms with van der Waals surface area (Å²) < 4.78 is 125. The SMILES string of the molecule is O=C1c2c(C(F)(F)F)nn(CCS(=O)(=O)C(F)(F)F)c2CCC1(F)F. The van der Waals surface area contributed by atoms with Gasteiger partial charge in [-0.1, -0.05) is 0 Å². The van der Waals surface area contributed by atoms with Crippen molar-refractivity contribution in [1.82, 2.24) is 9.78 Å². The molecule has 0 amide bonds. The molecule has 0 radical (unpaired) electrons. The van der Waals surface area contributed by atoms with Gasteiger partial charge in [0.05, 0.1) is 23.6 Å². The number of hydrogen-bond donors (Lipinski definition) is 0. The van der Waals surface area contributed by atoms with Crippen LogP contribution in [0.5, 0.6) is 0 Å². The molecule has 0 aromatic carbocycles. The first-order valence-corrected chi connectivity index (χ1v) is 8.11. The first-order chi connectivity index (χ1) is 11.1. The summed E-state index contributed by atoms with van der Waals surface area (Å²) >= 11 is 0. The largest absolute Gasteiger partial charge is 0.497 e. The van der Waals surface area contributed by atoms with Crippen LogP contribution in [0.4, 0.5) is 35.1 Å². The number of Topliss-reactive ketones (excluding diaryl/α,β-unsaturated/α-hetero) is 1. The van der Waals surface area contributed by atoms with Crippen LogP contribution in [-0.4, -0.2) is 41.2 Å². The standard InChI is InChI=1S/C11H8F8N2O3S/c12-9(13)2-1-5-6(8(9)22)7(10(14,15)16)20-21(5)3-4-25(23,24)11(17,18)19/h1-4H2. The van der Waals surface area contributed by atoms with Gasteiger partial charge in [-0.25, -0.2) is 8.42 Å². The van der Waals surface area contributed by atoms with Gasteiger partial charge in [0.1, 0.15) is 0 Å². The van der Waals surface area contributed by atoms with E-state index in [4.69, 9.17) is 0 Å². The van der Waals surface area contributed by atoms with Gasteiger partial charge < -0.3 is 0 Å². The maximum absolute atomic E-state index is 13.4. The number of alkyl halides is 8. The highest BCUT2D eigenvalue weighted by Gasteiger charge is 2.52. The number of hydrogen-bond acceptors (Lipinski definition) is 4. The second kappa shape index (κ2) is 5.64. The van der Waals surface area contributed by atoms with E-state index in [0.29, 0.717) is 0 Å². The van der Waals surface area contributed by atoms with Gasteiger partial charge in [-0.15, -0.1) is 0 Å². The van der Waals surface area contributed by atoms with Crippen LogP contribution in [0.1, 0.15) is 28.2 Å². The van der Waals surface area contributed by atoms with Crippen LogP contribution in [-0.2, 0) is 29.0 Å². The first-order valence-electron chi connectivity index (χ1n) is 6.46. The summed E-state index contributed by atoms with van der Waals surface area (Å²) in [7, 11) is -5.66. The summed E-state index contributed by atoms with van der Waals surface area (Å²) in [5, 5.41) is 2.87. The van der Waals surface area contributed by atoms with Crippen LogP contribution >= 0.6 is 0 Å². The number of ketones is 1. The van der Waals surface area contributed by atoms with Crippen molar-refractivity contribution in [3.8, 4) is 0 Å². The summed E-state index contributed by atoms with van der Waals surface area (Å²) in [4.78, 5) is 11.6. The Morgan fingerprint density at radius 2 is 1.68 bits per heavy atom. The number of carbonyl (C=O) groups is 1. The lowest BCUT2D eigenvalue weighted by Crippen LogP contribution is -2.36. The van der Waals surface area contributed by atoms with Crippen molar-refractivity contribution in [2.75, 3.05) is 5.75 Å². The van der Waals surface area contributed by atoms with Gasteiger partial charge in [-0.3, -0.25) is 9.48 Å². The van der Waals surface area contributed by atoms with E-state index in [-0.39, 0.29) is 4.68 Å². The second-order valence-corrected chi connectivity index (χ2v) is 7.29. The van der Waals surface area contributed by atoms with E-state index in [0.717, 1.165) is 0 Å². The molecule has 0 bridgehead atoms. The molecule has 2 rings (SSSR count). The molecule has 1 aromatic rings. The Kier molecular flexibility index (Phi) is 4.42. The topological polar surface area (TPSA) is 69.0 Å². The van der Waals surface area contributed by atoms with Crippen molar-refractivity contribution in [3.63, 3.8) is 0 Å². The normalized spacial score (nSPS) is 18.3. The second-order valence-electron chi connectivity index (χ2n) is 5.19. The zero-order chi connectivity index (χ0) is 19.4. The molecule has 1 heterocycles. The fourth-order valence-electron chi connectivity index (χ4n) is 2.27. The highest BCUT2D eigenvalue weighted by Crippen LogP contribution is 2.40. The van der Waals surface area contributed by atoms with Crippen molar-refractivity contribution in [2.24, 2.45) is 0 Å². The van der Waals surface area contributed by atoms with Crippen LogP contribution in [0.25, 0.3) is 0 Å². The van der Waals surface area contributed by atoms with E-state index in [1.807, 2.05) is 0 Å². The van der Waals surface area contributed by atoms with E-state index in [1.54, 1.807) is 0 Å². The van der Waals surface area contributed by atoms with Crippen molar-refractivity contribution in [2.45, 2.75) is 37.0 Å². The summed E-state index contributed by atoms with van der Waals surface area (Å²) in [5.74, 6) is -7.86. The summed E-state index contributed by atoms with van der Waals surface area (Å²) in [6, 6.07) is 0. The fourth-order valence-corrected chi connectivity index (χ4v) is 2.91. The molecular formula is C11H8F8N2O3S. The average molecular weight is 400 g/mol. The van der Waals surface area contributed by atoms with E-state index >= 15 is 0 Å². The van der Waals surface area contributed by atoms with E-state index < -0.39 is 75.3 Å². The van der Waals surface area contributed by atoms with Crippen molar-refractivity contribution in [3.05, 3.63) is 17.0 Å².